The van der Waals surface area contributed by atoms with E-state index in [9.17, 15) is 14.7 Å². The Labute approximate surface area is 234 Å². The average molecular weight is 549 g/mol. The topological polar surface area (TPSA) is 107 Å². The van der Waals surface area contributed by atoms with Gasteiger partial charge in [0, 0.05) is 12.5 Å². The summed E-state index contributed by atoms with van der Waals surface area (Å²) in [7, 11) is 0. The van der Waals surface area contributed by atoms with E-state index in [0.717, 1.165) is 11.3 Å². The molecule has 1 N–H and O–H groups in total. The van der Waals surface area contributed by atoms with Gasteiger partial charge in [0.1, 0.15) is 30.8 Å². The van der Waals surface area contributed by atoms with Crippen molar-refractivity contribution in [3.63, 3.8) is 0 Å². The molecule has 1 atom stereocenters. The molecule has 2 aliphatic heterocycles. The molecular formula is C31H36N2O7. The Morgan fingerprint density at radius 1 is 1.10 bits per heavy atom. The van der Waals surface area contributed by atoms with Crippen molar-refractivity contribution in [2.24, 2.45) is 4.99 Å². The molecule has 0 radical (unpaired) electrons. The highest BCUT2D eigenvalue weighted by Crippen LogP contribution is 2.24. The minimum absolute atomic E-state index is 0.000117. The van der Waals surface area contributed by atoms with Gasteiger partial charge in [-0.15, -0.1) is 0 Å². The molecule has 9 heteroatoms. The minimum Gasteiger partial charge on any atom is -0.508 e. The maximum atomic E-state index is 12.5. The van der Waals surface area contributed by atoms with Crippen LogP contribution in [-0.2, 0) is 20.6 Å². The molecule has 9 nitrogen and oxygen atoms in total. The second kappa shape index (κ2) is 13.9. The zero-order valence-electron chi connectivity index (χ0n) is 23.1. The smallest absolute Gasteiger partial charge is 0.261 e. The Kier molecular flexibility index (Phi) is 10.1. The average Bonchev–Trinajstić information content (AvgIpc) is 3.21. The van der Waals surface area contributed by atoms with Gasteiger partial charge in [0.05, 0.1) is 43.2 Å². The summed E-state index contributed by atoms with van der Waals surface area (Å²) >= 11 is 0. The van der Waals surface area contributed by atoms with Crippen LogP contribution in [0.2, 0.25) is 0 Å². The SMILES string of the molecule is C=C(O)/C(CC)=C(/CCc1ccc(OCCN2C(=O)c3ccccc3C2=O)cc1)N=C(C)OCC1COCCO1. The summed E-state index contributed by atoms with van der Waals surface area (Å²) in [4.78, 5) is 30.9. The summed E-state index contributed by atoms with van der Waals surface area (Å²) in [6, 6.07) is 14.5. The molecule has 0 aromatic heterocycles. The first-order valence-electron chi connectivity index (χ1n) is 13.5. The summed E-state index contributed by atoms with van der Waals surface area (Å²) < 4.78 is 22.6. The monoisotopic (exact) mass is 548 g/mol. The highest BCUT2D eigenvalue weighted by molar-refractivity contribution is 6.21. The van der Waals surface area contributed by atoms with E-state index in [1.165, 1.54) is 4.90 Å². The Morgan fingerprint density at radius 2 is 1.80 bits per heavy atom. The Morgan fingerprint density at radius 3 is 2.40 bits per heavy atom. The number of benzene rings is 2. The van der Waals surface area contributed by atoms with E-state index < -0.39 is 0 Å². The highest BCUT2D eigenvalue weighted by Gasteiger charge is 2.34. The number of aryl methyl sites for hydroxylation is 1. The van der Waals surface area contributed by atoms with E-state index in [1.54, 1.807) is 31.2 Å². The van der Waals surface area contributed by atoms with Gasteiger partial charge >= 0.3 is 0 Å². The van der Waals surface area contributed by atoms with Crippen LogP contribution in [0.1, 0.15) is 53.0 Å². The standard InChI is InChI=1S/C31H36N2O7/c1-4-26(21(2)34)29(32-22(3)40-20-25-19-37-17-18-39-25)14-11-23-9-12-24(13-10-23)38-16-15-33-30(35)27-7-5-6-8-28(27)31(33)36/h5-10,12-13,25,34H,2,4,11,14-20H2,1,3H3/b29-26-,32-22?. The van der Waals surface area contributed by atoms with Crippen molar-refractivity contribution in [1.82, 2.24) is 4.90 Å². The van der Waals surface area contributed by atoms with E-state index in [1.807, 2.05) is 31.2 Å². The number of hydrogen-bond donors (Lipinski definition) is 1. The molecule has 4 rings (SSSR count). The fourth-order valence-corrected chi connectivity index (χ4v) is 4.63. The van der Waals surface area contributed by atoms with Crippen LogP contribution in [0.4, 0.5) is 0 Å². The maximum Gasteiger partial charge on any atom is 0.261 e. The molecule has 1 unspecified atom stereocenters. The third kappa shape index (κ3) is 7.37. The van der Waals surface area contributed by atoms with Gasteiger partial charge in [-0.05, 0) is 49.1 Å². The van der Waals surface area contributed by atoms with Crippen molar-refractivity contribution >= 4 is 17.7 Å². The summed E-state index contributed by atoms with van der Waals surface area (Å²) in [6.07, 6.45) is 1.71. The molecule has 0 spiro atoms. The Hall–Kier alpha value is -3.95. The van der Waals surface area contributed by atoms with Crippen LogP contribution in [0, 0.1) is 0 Å². The van der Waals surface area contributed by atoms with E-state index in [2.05, 4.69) is 11.6 Å². The summed E-state index contributed by atoms with van der Waals surface area (Å²) in [6.45, 7) is 9.79. The predicted molar refractivity (Wildman–Crippen MR) is 151 cm³/mol. The first kappa shape index (κ1) is 29.0. The number of nitrogens with zero attached hydrogens (tertiary/aromatic N) is 2. The first-order chi connectivity index (χ1) is 19.4. The number of amides is 2. The highest BCUT2D eigenvalue weighted by atomic mass is 16.6. The molecule has 1 fully saturated rings. The molecule has 0 bridgehead atoms. The quantitative estimate of drug-likeness (QED) is 0.132. The van der Waals surface area contributed by atoms with Gasteiger partial charge in [-0.25, -0.2) is 4.99 Å². The van der Waals surface area contributed by atoms with Gasteiger partial charge in [0.15, 0.2) is 5.90 Å². The zero-order valence-corrected chi connectivity index (χ0v) is 23.1. The maximum absolute atomic E-state index is 12.5. The lowest BCUT2D eigenvalue weighted by Crippen LogP contribution is -2.33. The molecule has 2 aromatic rings. The number of imide groups is 1. The number of aliphatic hydroxyl groups excluding tert-OH is 1. The number of rotatable bonds is 12. The molecule has 2 aliphatic rings. The summed E-state index contributed by atoms with van der Waals surface area (Å²) in [5.41, 5.74) is 3.33. The number of ether oxygens (including phenoxy) is 4. The van der Waals surface area contributed by atoms with Crippen LogP contribution in [-0.4, -0.2) is 73.4 Å². The molecular weight excluding hydrogens is 512 g/mol. The van der Waals surface area contributed by atoms with Gasteiger partial charge in [-0.1, -0.05) is 37.8 Å². The van der Waals surface area contributed by atoms with Crippen LogP contribution in [0.15, 0.2) is 77.1 Å². The Bertz CT molecular complexity index is 1240. The van der Waals surface area contributed by atoms with Crippen molar-refractivity contribution in [2.75, 3.05) is 39.6 Å². The number of allylic oxidation sites excluding steroid dienone is 2. The van der Waals surface area contributed by atoms with Gasteiger partial charge in [-0.3, -0.25) is 14.5 Å². The number of carbonyl (C=O) groups is 2. The predicted octanol–water partition coefficient (Wildman–Crippen LogP) is 4.88. The number of hydrogen-bond acceptors (Lipinski definition) is 8. The third-order valence-electron chi connectivity index (χ3n) is 6.74. The van der Waals surface area contributed by atoms with Crippen LogP contribution in [0.3, 0.4) is 0 Å². The van der Waals surface area contributed by atoms with Crippen LogP contribution in [0.5, 0.6) is 5.75 Å². The fraction of sp³-hybridized carbons (Fsp3) is 0.387. The lowest BCUT2D eigenvalue weighted by Gasteiger charge is -2.22. The zero-order chi connectivity index (χ0) is 28.5. The summed E-state index contributed by atoms with van der Waals surface area (Å²) in [5, 5.41) is 10.1. The number of fused-ring (bicyclic) bond motifs is 1. The molecule has 2 amide bonds. The van der Waals surface area contributed by atoms with Crippen molar-refractivity contribution < 1.29 is 33.6 Å². The van der Waals surface area contributed by atoms with E-state index >= 15 is 0 Å². The molecule has 2 aromatic carbocycles. The molecule has 0 saturated carbocycles. The first-order valence-corrected chi connectivity index (χ1v) is 13.5. The van der Waals surface area contributed by atoms with Gasteiger partial charge in [0.25, 0.3) is 11.8 Å². The van der Waals surface area contributed by atoms with E-state index in [-0.39, 0.29) is 36.8 Å². The molecule has 2 heterocycles. The number of carbonyl (C=O) groups excluding carboxylic acids is 2. The van der Waals surface area contributed by atoms with Crippen molar-refractivity contribution in [3.05, 3.63) is 88.8 Å². The normalized spacial score (nSPS) is 17.9. The molecule has 0 aliphatic carbocycles. The van der Waals surface area contributed by atoms with Crippen LogP contribution < -0.4 is 4.74 Å². The fourth-order valence-electron chi connectivity index (χ4n) is 4.63. The van der Waals surface area contributed by atoms with E-state index in [0.29, 0.717) is 74.0 Å². The minimum atomic E-state index is -0.292. The van der Waals surface area contributed by atoms with Gasteiger partial charge in [-0.2, -0.15) is 0 Å². The molecule has 40 heavy (non-hydrogen) atoms. The summed E-state index contributed by atoms with van der Waals surface area (Å²) in [5.74, 6) is 0.545. The Balaban J connectivity index is 1.30. The lowest BCUT2D eigenvalue weighted by molar-refractivity contribution is -0.103. The number of aliphatic hydroxyl groups is 1. The van der Waals surface area contributed by atoms with Crippen molar-refractivity contribution in [2.45, 2.75) is 39.2 Å². The second-order valence-corrected chi connectivity index (χ2v) is 9.53. The molecule has 1 saturated heterocycles. The van der Waals surface area contributed by atoms with E-state index in [4.69, 9.17) is 18.9 Å². The lowest BCUT2D eigenvalue weighted by atomic mass is 10.0. The molecule has 212 valence electrons. The van der Waals surface area contributed by atoms with Crippen molar-refractivity contribution in [3.8, 4) is 5.75 Å². The third-order valence-corrected chi connectivity index (χ3v) is 6.74. The number of aliphatic imine (C=N–C) groups is 1. The van der Waals surface area contributed by atoms with Crippen molar-refractivity contribution in [1.29, 1.82) is 0 Å². The van der Waals surface area contributed by atoms with Gasteiger partial charge in [0.2, 0.25) is 0 Å². The van der Waals surface area contributed by atoms with Crippen LogP contribution in [0.25, 0.3) is 0 Å². The largest absolute Gasteiger partial charge is 0.508 e. The second-order valence-electron chi connectivity index (χ2n) is 9.53. The van der Waals surface area contributed by atoms with Crippen LogP contribution >= 0.6 is 0 Å². The van der Waals surface area contributed by atoms with Gasteiger partial charge < -0.3 is 24.1 Å².